The second-order valence-corrected chi connectivity index (χ2v) is 3.65. The molecular formula is C9H15NO2. The highest BCUT2D eigenvalue weighted by atomic mass is 16.3. The number of hydrogen-bond acceptors (Lipinski definition) is 3. The van der Waals surface area contributed by atoms with E-state index in [0.29, 0.717) is 11.8 Å². The predicted molar refractivity (Wildman–Crippen MR) is 45.7 cm³/mol. The Hall–Kier alpha value is -0.380. The molecular weight excluding hydrogens is 154 g/mol. The molecule has 3 N–H and O–H groups in total. The van der Waals surface area contributed by atoms with E-state index >= 15 is 0 Å². The maximum atomic E-state index is 9.08. The Balaban J connectivity index is 2.18. The van der Waals surface area contributed by atoms with Gasteiger partial charge in [-0.3, -0.25) is 0 Å². The predicted octanol–water partition coefficient (Wildman–Crippen LogP) is -0.493. The molecule has 2 aliphatic rings. The highest BCUT2D eigenvalue weighted by Crippen LogP contribution is 2.37. The minimum Gasteiger partial charge on any atom is -0.396 e. The van der Waals surface area contributed by atoms with Gasteiger partial charge in [-0.2, -0.15) is 0 Å². The van der Waals surface area contributed by atoms with Crippen LogP contribution < -0.4 is 5.32 Å². The topological polar surface area (TPSA) is 52.5 Å². The summed E-state index contributed by atoms with van der Waals surface area (Å²) in [5.74, 6) is 0.624. The molecule has 1 aliphatic heterocycles. The van der Waals surface area contributed by atoms with E-state index in [-0.39, 0.29) is 13.2 Å². The van der Waals surface area contributed by atoms with Gasteiger partial charge in [-0.25, -0.2) is 0 Å². The average molecular weight is 169 g/mol. The molecule has 0 saturated heterocycles. The quantitative estimate of drug-likeness (QED) is 0.489. The molecule has 0 bridgehead atoms. The van der Waals surface area contributed by atoms with Crippen LogP contribution in [0, 0.1) is 11.8 Å². The van der Waals surface area contributed by atoms with Crippen LogP contribution in [0.25, 0.3) is 0 Å². The van der Waals surface area contributed by atoms with Crippen LogP contribution in [0.2, 0.25) is 0 Å². The van der Waals surface area contributed by atoms with Crippen molar-refractivity contribution in [1.29, 1.82) is 0 Å². The zero-order valence-electron chi connectivity index (χ0n) is 7.08. The molecule has 68 valence electrons. The summed E-state index contributed by atoms with van der Waals surface area (Å²) in [4.78, 5) is 0. The number of aliphatic hydroxyl groups excluding tert-OH is 2. The fourth-order valence-electron chi connectivity index (χ4n) is 2.37. The third-order valence-corrected chi connectivity index (χ3v) is 3.04. The van der Waals surface area contributed by atoms with Crippen LogP contribution in [0.1, 0.15) is 6.42 Å². The van der Waals surface area contributed by atoms with E-state index in [4.69, 9.17) is 10.2 Å². The highest BCUT2D eigenvalue weighted by molar-refractivity contribution is 5.32. The van der Waals surface area contributed by atoms with Gasteiger partial charge in [-0.05, 0) is 6.42 Å². The number of nitrogens with one attached hydrogen (secondary N) is 1. The van der Waals surface area contributed by atoms with Gasteiger partial charge in [0.05, 0.1) is 0 Å². The summed E-state index contributed by atoms with van der Waals surface area (Å²) in [6.45, 7) is 2.29. The zero-order valence-corrected chi connectivity index (χ0v) is 7.08. The molecule has 3 heteroatoms. The number of aliphatic hydroxyl groups is 2. The van der Waals surface area contributed by atoms with Crippen molar-refractivity contribution < 1.29 is 10.2 Å². The molecule has 0 amide bonds. The van der Waals surface area contributed by atoms with Gasteiger partial charge in [0.2, 0.25) is 0 Å². The second kappa shape index (κ2) is 3.17. The van der Waals surface area contributed by atoms with Crippen LogP contribution in [0.15, 0.2) is 11.1 Å². The normalized spacial score (nSPS) is 34.5. The van der Waals surface area contributed by atoms with E-state index in [1.54, 1.807) is 0 Å². The van der Waals surface area contributed by atoms with Crippen molar-refractivity contribution in [3.63, 3.8) is 0 Å². The third-order valence-electron chi connectivity index (χ3n) is 3.04. The highest BCUT2D eigenvalue weighted by Gasteiger charge is 2.34. The van der Waals surface area contributed by atoms with Crippen molar-refractivity contribution in [2.45, 2.75) is 6.42 Å². The molecule has 0 radical (unpaired) electrons. The SMILES string of the molecule is OCC1CC(CO)C2=C1CNC2. The van der Waals surface area contributed by atoms with Gasteiger partial charge in [0, 0.05) is 38.1 Å². The lowest BCUT2D eigenvalue weighted by Gasteiger charge is -2.12. The van der Waals surface area contributed by atoms with Gasteiger partial charge < -0.3 is 15.5 Å². The lowest BCUT2D eigenvalue weighted by atomic mass is 10.00. The van der Waals surface area contributed by atoms with Crippen molar-refractivity contribution in [3.8, 4) is 0 Å². The molecule has 0 aromatic heterocycles. The fourth-order valence-corrected chi connectivity index (χ4v) is 2.37. The van der Waals surface area contributed by atoms with Crippen molar-refractivity contribution >= 4 is 0 Å². The average Bonchev–Trinajstić information content (AvgIpc) is 2.63. The maximum Gasteiger partial charge on any atom is 0.0497 e. The molecule has 0 aromatic carbocycles. The van der Waals surface area contributed by atoms with E-state index in [1.807, 2.05) is 0 Å². The Bertz CT molecular complexity index is 193. The molecule has 3 nitrogen and oxygen atoms in total. The fraction of sp³-hybridized carbons (Fsp3) is 0.778. The molecule has 0 saturated carbocycles. The first kappa shape index (κ1) is 8.23. The Morgan fingerprint density at radius 3 is 2.00 bits per heavy atom. The van der Waals surface area contributed by atoms with Crippen LogP contribution in [-0.2, 0) is 0 Å². The third kappa shape index (κ3) is 1.09. The first-order valence-corrected chi connectivity index (χ1v) is 4.51. The zero-order chi connectivity index (χ0) is 8.55. The van der Waals surface area contributed by atoms with Crippen molar-refractivity contribution in [3.05, 3.63) is 11.1 Å². The molecule has 0 spiro atoms. The van der Waals surface area contributed by atoms with E-state index in [1.165, 1.54) is 11.1 Å². The van der Waals surface area contributed by atoms with Gasteiger partial charge in [0.15, 0.2) is 0 Å². The Kier molecular flexibility index (Phi) is 2.17. The summed E-state index contributed by atoms with van der Waals surface area (Å²) in [6.07, 6.45) is 0.944. The van der Waals surface area contributed by atoms with E-state index < -0.39 is 0 Å². The molecule has 1 heterocycles. The monoisotopic (exact) mass is 169 g/mol. The van der Waals surface area contributed by atoms with Gasteiger partial charge in [0.25, 0.3) is 0 Å². The summed E-state index contributed by atoms with van der Waals surface area (Å²) >= 11 is 0. The van der Waals surface area contributed by atoms with Crippen LogP contribution in [0.3, 0.4) is 0 Å². The summed E-state index contributed by atoms with van der Waals surface area (Å²) in [7, 11) is 0. The molecule has 1 aliphatic carbocycles. The van der Waals surface area contributed by atoms with Gasteiger partial charge in [-0.1, -0.05) is 11.1 Å². The molecule has 0 fully saturated rings. The standard InChI is InChI=1S/C9H15NO2/c11-4-6-1-7(5-12)9-3-10-2-8(6)9/h6-7,10-12H,1-5H2. The summed E-state index contributed by atoms with van der Waals surface area (Å²) in [5.41, 5.74) is 2.72. The second-order valence-electron chi connectivity index (χ2n) is 3.65. The first-order valence-electron chi connectivity index (χ1n) is 4.51. The molecule has 12 heavy (non-hydrogen) atoms. The maximum absolute atomic E-state index is 9.08. The Labute approximate surface area is 72.1 Å². The minimum atomic E-state index is 0.233. The van der Waals surface area contributed by atoms with Crippen molar-refractivity contribution in [2.75, 3.05) is 26.3 Å². The molecule has 2 atom stereocenters. The van der Waals surface area contributed by atoms with E-state index in [0.717, 1.165) is 19.5 Å². The summed E-state index contributed by atoms with van der Waals surface area (Å²) in [5, 5.41) is 21.4. The summed E-state index contributed by atoms with van der Waals surface area (Å²) < 4.78 is 0. The first-order chi connectivity index (χ1) is 5.86. The lowest BCUT2D eigenvalue weighted by molar-refractivity contribution is 0.204. The van der Waals surface area contributed by atoms with Crippen molar-refractivity contribution in [1.82, 2.24) is 5.32 Å². The minimum absolute atomic E-state index is 0.233. The number of rotatable bonds is 2. The summed E-state index contributed by atoms with van der Waals surface area (Å²) in [6, 6.07) is 0. The smallest absolute Gasteiger partial charge is 0.0497 e. The Morgan fingerprint density at radius 1 is 1.08 bits per heavy atom. The number of hydrogen-bond donors (Lipinski definition) is 3. The van der Waals surface area contributed by atoms with Gasteiger partial charge >= 0.3 is 0 Å². The van der Waals surface area contributed by atoms with Crippen molar-refractivity contribution in [2.24, 2.45) is 11.8 Å². The molecule has 0 aromatic rings. The van der Waals surface area contributed by atoms with Crippen LogP contribution in [0.5, 0.6) is 0 Å². The van der Waals surface area contributed by atoms with Gasteiger partial charge in [-0.15, -0.1) is 0 Å². The Morgan fingerprint density at radius 2 is 1.58 bits per heavy atom. The van der Waals surface area contributed by atoms with E-state index in [9.17, 15) is 0 Å². The van der Waals surface area contributed by atoms with E-state index in [2.05, 4.69) is 5.32 Å². The lowest BCUT2D eigenvalue weighted by Crippen LogP contribution is -2.20. The largest absolute Gasteiger partial charge is 0.396 e. The van der Waals surface area contributed by atoms with Crippen LogP contribution in [0.4, 0.5) is 0 Å². The van der Waals surface area contributed by atoms with Crippen LogP contribution >= 0.6 is 0 Å². The van der Waals surface area contributed by atoms with Gasteiger partial charge in [0.1, 0.15) is 0 Å². The van der Waals surface area contributed by atoms with Crippen LogP contribution in [-0.4, -0.2) is 36.5 Å². The molecule has 2 unspecified atom stereocenters. The molecule has 2 rings (SSSR count).